The molecule has 0 aromatic heterocycles. The first-order valence-corrected chi connectivity index (χ1v) is 5.77. The summed E-state index contributed by atoms with van der Waals surface area (Å²) < 4.78 is 4.68. The van der Waals surface area contributed by atoms with E-state index in [2.05, 4.69) is 10.1 Å². The van der Waals surface area contributed by atoms with Crippen molar-refractivity contribution >= 4 is 17.6 Å². The Bertz CT molecular complexity index is 444. The highest BCUT2D eigenvalue weighted by atomic mass is 16.5. The van der Waals surface area contributed by atoms with Crippen molar-refractivity contribution < 1.29 is 14.3 Å². The zero-order valence-corrected chi connectivity index (χ0v) is 10.7. The molecule has 1 aromatic carbocycles. The molecule has 0 atom stereocenters. The van der Waals surface area contributed by atoms with E-state index in [1.807, 2.05) is 13.0 Å². The van der Waals surface area contributed by atoms with Crippen molar-refractivity contribution in [1.29, 1.82) is 0 Å². The molecule has 0 fully saturated rings. The van der Waals surface area contributed by atoms with Gasteiger partial charge in [-0.2, -0.15) is 0 Å². The molecule has 0 saturated carbocycles. The maximum absolute atomic E-state index is 11.6. The average molecular weight is 250 g/mol. The molecular formula is C13H18N2O3. The predicted molar refractivity (Wildman–Crippen MR) is 69.4 cm³/mol. The van der Waals surface area contributed by atoms with Crippen LogP contribution in [0.4, 0.5) is 5.69 Å². The van der Waals surface area contributed by atoms with Crippen LogP contribution in [-0.4, -0.2) is 25.5 Å². The van der Waals surface area contributed by atoms with Gasteiger partial charge in [-0.1, -0.05) is 11.6 Å². The normalized spacial score (nSPS) is 9.94. The topological polar surface area (TPSA) is 81.4 Å². The first-order valence-electron chi connectivity index (χ1n) is 5.77. The molecule has 0 unspecified atom stereocenters. The maximum atomic E-state index is 11.6. The Hall–Kier alpha value is -1.88. The number of amides is 1. The number of rotatable bonds is 5. The number of hydrogen-bond acceptors (Lipinski definition) is 4. The van der Waals surface area contributed by atoms with E-state index in [4.69, 9.17) is 5.73 Å². The second-order valence-corrected chi connectivity index (χ2v) is 3.98. The molecule has 1 amide bonds. The number of methoxy groups -OCH3 is 1. The molecule has 0 radical (unpaired) electrons. The fourth-order valence-electron chi connectivity index (χ4n) is 1.52. The Labute approximate surface area is 106 Å². The number of anilines is 1. The molecule has 0 saturated heterocycles. The van der Waals surface area contributed by atoms with Crippen LogP contribution in [0, 0.1) is 6.92 Å². The van der Waals surface area contributed by atoms with Gasteiger partial charge in [0.1, 0.15) is 0 Å². The first-order chi connectivity index (χ1) is 8.58. The van der Waals surface area contributed by atoms with Crippen LogP contribution in [0.5, 0.6) is 0 Å². The average Bonchev–Trinajstić information content (AvgIpc) is 2.37. The number of ether oxygens (including phenoxy) is 1. The van der Waals surface area contributed by atoms with Crippen molar-refractivity contribution in [3.8, 4) is 0 Å². The Morgan fingerprint density at radius 3 is 2.72 bits per heavy atom. The number of esters is 1. The fourth-order valence-corrected chi connectivity index (χ4v) is 1.52. The molecule has 0 bridgehead atoms. The number of aryl methyl sites for hydroxylation is 1. The molecule has 5 nitrogen and oxygen atoms in total. The molecule has 0 aliphatic carbocycles. The monoisotopic (exact) mass is 250 g/mol. The van der Waals surface area contributed by atoms with Gasteiger partial charge >= 0.3 is 5.97 Å². The van der Waals surface area contributed by atoms with E-state index in [9.17, 15) is 9.59 Å². The number of carbonyl (C=O) groups is 2. The van der Waals surface area contributed by atoms with Crippen LogP contribution in [0.2, 0.25) is 0 Å². The molecule has 98 valence electrons. The molecular weight excluding hydrogens is 232 g/mol. The van der Waals surface area contributed by atoms with Crippen LogP contribution in [0.15, 0.2) is 18.2 Å². The number of nitrogens with two attached hydrogens (primary N) is 1. The highest BCUT2D eigenvalue weighted by molar-refractivity contribution is 6.01. The van der Waals surface area contributed by atoms with E-state index < -0.39 is 5.97 Å². The third-order valence-corrected chi connectivity index (χ3v) is 2.46. The predicted octanol–water partition coefficient (Wildman–Crippen LogP) is 1.46. The summed E-state index contributed by atoms with van der Waals surface area (Å²) >= 11 is 0. The number of carbonyl (C=O) groups excluding carboxylic acids is 2. The van der Waals surface area contributed by atoms with E-state index in [0.29, 0.717) is 30.6 Å². The molecule has 1 aromatic rings. The van der Waals surface area contributed by atoms with Crippen LogP contribution in [0.1, 0.15) is 28.8 Å². The van der Waals surface area contributed by atoms with E-state index in [0.717, 1.165) is 5.56 Å². The minimum atomic E-state index is -0.465. The Morgan fingerprint density at radius 2 is 2.11 bits per heavy atom. The standard InChI is InChI=1S/C13H18N2O3/c1-9-5-6-11(10(8-9)13(17)18-2)15-12(16)4-3-7-14/h5-6,8H,3-4,7,14H2,1-2H3,(H,15,16). The molecule has 0 spiro atoms. The van der Waals surface area contributed by atoms with Gasteiger partial charge in [0.15, 0.2) is 0 Å². The second kappa shape index (κ2) is 6.76. The zero-order chi connectivity index (χ0) is 13.5. The van der Waals surface area contributed by atoms with E-state index >= 15 is 0 Å². The van der Waals surface area contributed by atoms with E-state index in [-0.39, 0.29) is 5.91 Å². The van der Waals surface area contributed by atoms with Gasteiger partial charge < -0.3 is 15.8 Å². The number of hydrogen-bond donors (Lipinski definition) is 2. The lowest BCUT2D eigenvalue weighted by Crippen LogP contribution is -2.16. The largest absolute Gasteiger partial charge is 0.465 e. The zero-order valence-electron chi connectivity index (χ0n) is 10.7. The van der Waals surface area contributed by atoms with Crippen molar-refractivity contribution in [1.82, 2.24) is 0 Å². The molecule has 18 heavy (non-hydrogen) atoms. The van der Waals surface area contributed by atoms with Crippen LogP contribution >= 0.6 is 0 Å². The highest BCUT2D eigenvalue weighted by Gasteiger charge is 2.13. The fraction of sp³-hybridized carbons (Fsp3) is 0.385. The highest BCUT2D eigenvalue weighted by Crippen LogP contribution is 2.18. The molecule has 1 rings (SSSR count). The summed E-state index contributed by atoms with van der Waals surface area (Å²) in [5, 5.41) is 2.69. The number of nitrogens with one attached hydrogen (secondary N) is 1. The summed E-state index contributed by atoms with van der Waals surface area (Å²) in [7, 11) is 1.31. The van der Waals surface area contributed by atoms with Gasteiger partial charge in [0.25, 0.3) is 0 Å². The minimum Gasteiger partial charge on any atom is -0.465 e. The molecule has 3 N–H and O–H groups in total. The lowest BCUT2D eigenvalue weighted by Gasteiger charge is -2.10. The van der Waals surface area contributed by atoms with E-state index in [1.54, 1.807) is 12.1 Å². The van der Waals surface area contributed by atoms with Crippen molar-refractivity contribution in [3.63, 3.8) is 0 Å². The third-order valence-electron chi connectivity index (χ3n) is 2.46. The molecule has 0 aliphatic rings. The summed E-state index contributed by atoms with van der Waals surface area (Å²) in [4.78, 5) is 23.2. The molecule has 0 aliphatic heterocycles. The number of benzene rings is 1. The Balaban J connectivity index is 2.87. The van der Waals surface area contributed by atoms with Gasteiger partial charge in [0.2, 0.25) is 5.91 Å². The summed E-state index contributed by atoms with van der Waals surface area (Å²) in [6, 6.07) is 5.21. The van der Waals surface area contributed by atoms with Gasteiger partial charge in [0, 0.05) is 6.42 Å². The van der Waals surface area contributed by atoms with E-state index in [1.165, 1.54) is 7.11 Å². The summed E-state index contributed by atoms with van der Waals surface area (Å²) in [6.07, 6.45) is 0.955. The van der Waals surface area contributed by atoms with Gasteiger partial charge in [0.05, 0.1) is 18.4 Å². The van der Waals surface area contributed by atoms with Gasteiger partial charge in [-0.15, -0.1) is 0 Å². The van der Waals surface area contributed by atoms with Crippen LogP contribution in [-0.2, 0) is 9.53 Å². The lowest BCUT2D eigenvalue weighted by atomic mass is 10.1. The second-order valence-electron chi connectivity index (χ2n) is 3.98. The SMILES string of the molecule is COC(=O)c1cc(C)ccc1NC(=O)CCCN. The van der Waals surface area contributed by atoms with Crippen molar-refractivity contribution in [2.75, 3.05) is 19.0 Å². The Morgan fingerprint density at radius 1 is 1.39 bits per heavy atom. The summed E-state index contributed by atoms with van der Waals surface area (Å²) in [6.45, 7) is 2.33. The molecule has 0 heterocycles. The van der Waals surface area contributed by atoms with Gasteiger partial charge in [-0.05, 0) is 32.0 Å². The maximum Gasteiger partial charge on any atom is 0.339 e. The molecule has 5 heteroatoms. The van der Waals surface area contributed by atoms with Crippen molar-refractivity contribution in [2.24, 2.45) is 5.73 Å². The third kappa shape index (κ3) is 3.85. The minimum absolute atomic E-state index is 0.158. The van der Waals surface area contributed by atoms with Crippen LogP contribution in [0.3, 0.4) is 0 Å². The van der Waals surface area contributed by atoms with Crippen molar-refractivity contribution in [3.05, 3.63) is 29.3 Å². The Kier molecular flexibility index (Phi) is 5.32. The van der Waals surface area contributed by atoms with Crippen LogP contribution in [0.25, 0.3) is 0 Å². The van der Waals surface area contributed by atoms with Gasteiger partial charge in [-0.25, -0.2) is 4.79 Å². The lowest BCUT2D eigenvalue weighted by molar-refractivity contribution is -0.116. The summed E-state index contributed by atoms with van der Waals surface area (Å²) in [5.41, 5.74) is 7.09. The van der Waals surface area contributed by atoms with Crippen molar-refractivity contribution in [2.45, 2.75) is 19.8 Å². The first kappa shape index (κ1) is 14.2. The quantitative estimate of drug-likeness (QED) is 0.775. The smallest absolute Gasteiger partial charge is 0.339 e. The van der Waals surface area contributed by atoms with Crippen LogP contribution < -0.4 is 11.1 Å². The summed E-state index contributed by atoms with van der Waals surface area (Å²) in [5.74, 6) is -0.623. The van der Waals surface area contributed by atoms with Gasteiger partial charge in [-0.3, -0.25) is 4.79 Å².